The Bertz CT molecular complexity index is 389. The van der Waals surface area contributed by atoms with E-state index in [0.717, 1.165) is 31.7 Å². The molecule has 108 valence electrons. The minimum absolute atomic E-state index is 0. The first-order chi connectivity index (χ1) is 8.18. The van der Waals surface area contributed by atoms with Gasteiger partial charge in [0.15, 0.2) is 0 Å². The number of carbonyl (C=O) groups is 1. The first-order valence-corrected chi connectivity index (χ1v) is 5.96. The fourth-order valence-corrected chi connectivity index (χ4v) is 2.00. The number of hydrogen-bond donors (Lipinski definition) is 1. The molecular formula is C13H21Cl2N3O. The Morgan fingerprint density at radius 2 is 1.63 bits per heavy atom. The van der Waals surface area contributed by atoms with Crippen LogP contribution in [-0.2, 0) is 0 Å². The van der Waals surface area contributed by atoms with Gasteiger partial charge in [0.2, 0.25) is 0 Å². The van der Waals surface area contributed by atoms with E-state index in [1.54, 1.807) is 19.0 Å². The molecule has 1 aromatic carbocycles. The number of amides is 1. The molecule has 0 atom stereocenters. The Hall–Kier alpha value is -0.970. The lowest BCUT2D eigenvalue weighted by atomic mass is 10.1. The van der Waals surface area contributed by atoms with Gasteiger partial charge < -0.3 is 15.1 Å². The molecule has 0 spiro atoms. The molecule has 2 rings (SSSR count). The highest BCUT2D eigenvalue weighted by Crippen LogP contribution is 2.16. The Morgan fingerprint density at radius 3 is 2.11 bits per heavy atom. The minimum Gasteiger partial charge on any atom is -0.369 e. The minimum atomic E-state index is 0. The summed E-state index contributed by atoms with van der Waals surface area (Å²) in [5.41, 5.74) is 1.94. The quantitative estimate of drug-likeness (QED) is 0.902. The molecule has 4 nitrogen and oxygen atoms in total. The number of rotatable bonds is 2. The number of benzene rings is 1. The van der Waals surface area contributed by atoms with Gasteiger partial charge in [-0.2, -0.15) is 0 Å². The van der Waals surface area contributed by atoms with Gasteiger partial charge in [-0.3, -0.25) is 4.79 Å². The van der Waals surface area contributed by atoms with Crippen LogP contribution in [0.3, 0.4) is 0 Å². The summed E-state index contributed by atoms with van der Waals surface area (Å²) in [6.07, 6.45) is 0. The van der Waals surface area contributed by atoms with E-state index in [2.05, 4.69) is 10.2 Å². The van der Waals surface area contributed by atoms with Crippen molar-refractivity contribution in [1.29, 1.82) is 0 Å². The number of piperazine rings is 1. The van der Waals surface area contributed by atoms with Crippen molar-refractivity contribution >= 4 is 36.4 Å². The SMILES string of the molecule is CN(C)C(=O)c1ccc(N2CCNCC2)cc1.Cl.Cl. The zero-order chi connectivity index (χ0) is 12.3. The molecular weight excluding hydrogens is 285 g/mol. The fraction of sp³-hybridized carbons (Fsp3) is 0.462. The summed E-state index contributed by atoms with van der Waals surface area (Å²) in [6, 6.07) is 7.86. The van der Waals surface area contributed by atoms with Crippen LogP contribution in [0, 0.1) is 0 Å². The number of hydrogen-bond acceptors (Lipinski definition) is 3. The lowest BCUT2D eigenvalue weighted by Gasteiger charge is -2.29. The Morgan fingerprint density at radius 1 is 1.11 bits per heavy atom. The highest BCUT2D eigenvalue weighted by Gasteiger charge is 2.12. The molecule has 1 amide bonds. The maximum atomic E-state index is 11.7. The molecule has 1 saturated heterocycles. The van der Waals surface area contributed by atoms with E-state index in [0.29, 0.717) is 0 Å². The molecule has 1 aromatic rings. The van der Waals surface area contributed by atoms with E-state index in [-0.39, 0.29) is 30.7 Å². The average Bonchev–Trinajstić information content (AvgIpc) is 2.39. The number of halogens is 2. The second kappa shape index (κ2) is 8.25. The third-order valence-corrected chi connectivity index (χ3v) is 3.00. The molecule has 0 radical (unpaired) electrons. The summed E-state index contributed by atoms with van der Waals surface area (Å²) in [7, 11) is 3.54. The molecule has 0 aliphatic carbocycles. The molecule has 1 aliphatic heterocycles. The van der Waals surface area contributed by atoms with Crippen molar-refractivity contribution < 1.29 is 4.79 Å². The van der Waals surface area contributed by atoms with Gasteiger partial charge in [-0.1, -0.05) is 0 Å². The summed E-state index contributed by atoms with van der Waals surface area (Å²) in [5.74, 6) is 0.0526. The van der Waals surface area contributed by atoms with Crippen molar-refractivity contribution in [3.8, 4) is 0 Å². The van der Waals surface area contributed by atoms with Crippen LogP contribution in [0.4, 0.5) is 5.69 Å². The van der Waals surface area contributed by atoms with Crippen LogP contribution in [0.15, 0.2) is 24.3 Å². The number of carbonyl (C=O) groups excluding carboxylic acids is 1. The van der Waals surface area contributed by atoms with Crippen LogP contribution >= 0.6 is 24.8 Å². The summed E-state index contributed by atoms with van der Waals surface area (Å²) < 4.78 is 0. The molecule has 0 saturated carbocycles. The third-order valence-electron chi connectivity index (χ3n) is 3.00. The van der Waals surface area contributed by atoms with E-state index in [4.69, 9.17) is 0 Å². The van der Waals surface area contributed by atoms with Gasteiger partial charge in [0.05, 0.1) is 0 Å². The van der Waals surface area contributed by atoms with Crippen LogP contribution in [-0.4, -0.2) is 51.1 Å². The van der Waals surface area contributed by atoms with Crippen LogP contribution in [0.5, 0.6) is 0 Å². The maximum Gasteiger partial charge on any atom is 0.253 e. The van der Waals surface area contributed by atoms with Crippen molar-refractivity contribution in [2.75, 3.05) is 45.2 Å². The predicted octanol–water partition coefficient (Wildman–Crippen LogP) is 1.64. The van der Waals surface area contributed by atoms with E-state index >= 15 is 0 Å². The zero-order valence-corrected chi connectivity index (χ0v) is 12.9. The van der Waals surface area contributed by atoms with Crippen molar-refractivity contribution in [1.82, 2.24) is 10.2 Å². The fourth-order valence-electron chi connectivity index (χ4n) is 2.00. The van der Waals surface area contributed by atoms with Crippen LogP contribution in [0.1, 0.15) is 10.4 Å². The molecule has 19 heavy (non-hydrogen) atoms. The summed E-state index contributed by atoms with van der Waals surface area (Å²) in [6.45, 7) is 4.11. The molecule has 1 aliphatic rings. The predicted molar refractivity (Wildman–Crippen MR) is 84.0 cm³/mol. The first-order valence-electron chi connectivity index (χ1n) is 5.96. The average molecular weight is 306 g/mol. The van der Waals surface area contributed by atoms with Gasteiger partial charge in [0, 0.05) is 51.5 Å². The number of nitrogens with zero attached hydrogens (tertiary/aromatic N) is 2. The largest absolute Gasteiger partial charge is 0.369 e. The second-order valence-corrected chi connectivity index (χ2v) is 4.48. The maximum absolute atomic E-state index is 11.7. The summed E-state index contributed by atoms with van der Waals surface area (Å²) in [5, 5.41) is 3.33. The van der Waals surface area contributed by atoms with Gasteiger partial charge in [0.1, 0.15) is 0 Å². The van der Waals surface area contributed by atoms with Gasteiger partial charge in [-0.15, -0.1) is 24.8 Å². The molecule has 0 unspecified atom stereocenters. The van der Waals surface area contributed by atoms with E-state index in [1.807, 2.05) is 24.3 Å². The second-order valence-electron chi connectivity index (χ2n) is 4.48. The highest BCUT2D eigenvalue weighted by molar-refractivity contribution is 5.94. The Balaban J connectivity index is 0.00000162. The summed E-state index contributed by atoms with van der Waals surface area (Å²) >= 11 is 0. The van der Waals surface area contributed by atoms with Crippen molar-refractivity contribution in [2.45, 2.75) is 0 Å². The van der Waals surface area contributed by atoms with Gasteiger partial charge in [-0.05, 0) is 24.3 Å². The molecule has 0 aromatic heterocycles. The molecule has 1 fully saturated rings. The Labute approximate surface area is 127 Å². The first kappa shape index (κ1) is 18.0. The zero-order valence-electron chi connectivity index (χ0n) is 11.3. The smallest absolute Gasteiger partial charge is 0.253 e. The van der Waals surface area contributed by atoms with Gasteiger partial charge in [-0.25, -0.2) is 0 Å². The van der Waals surface area contributed by atoms with Crippen LogP contribution in [0.2, 0.25) is 0 Å². The van der Waals surface area contributed by atoms with Crippen molar-refractivity contribution in [2.24, 2.45) is 0 Å². The van der Waals surface area contributed by atoms with Crippen LogP contribution in [0.25, 0.3) is 0 Å². The molecule has 6 heteroatoms. The van der Waals surface area contributed by atoms with Crippen molar-refractivity contribution in [3.63, 3.8) is 0 Å². The number of nitrogens with one attached hydrogen (secondary N) is 1. The normalized spacial score (nSPS) is 14.1. The summed E-state index contributed by atoms with van der Waals surface area (Å²) in [4.78, 5) is 15.7. The van der Waals surface area contributed by atoms with Crippen LogP contribution < -0.4 is 10.2 Å². The van der Waals surface area contributed by atoms with E-state index in [9.17, 15) is 4.79 Å². The lowest BCUT2D eigenvalue weighted by Crippen LogP contribution is -2.43. The molecule has 1 heterocycles. The standard InChI is InChI=1S/C13H19N3O.2ClH/c1-15(2)13(17)11-3-5-12(6-4-11)16-9-7-14-8-10-16;;/h3-6,14H,7-10H2,1-2H3;2*1H. The molecule has 1 N–H and O–H groups in total. The number of anilines is 1. The topological polar surface area (TPSA) is 35.6 Å². The third kappa shape index (κ3) is 4.56. The molecule has 0 bridgehead atoms. The van der Waals surface area contributed by atoms with Gasteiger partial charge >= 0.3 is 0 Å². The van der Waals surface area contributed by atoms with E-state index in [1.165, 1.54) is 5.69 Å². The van der Waals surface area contributed by atoms with E-state index < -0.39 is 0 Å². The highest BCUT2D eigenvalue weighted by atomic mass is 35.5. The monoisotopic (exact) mass is 305 g/mol. The van der Waals surface area contributed by atoms with Gasteiger partial charge in [0.25, 0.3) is 5.91 Å². The lowest BCUT2D eigenvalue weighted by molar-refractivity contribution is 0.0827. The van der Waals surface area contributed by atoms with Crippen molar-refractivity contribution in [3.05, 3.63) is 29.8 Å². The Kier molecular flexibility index (Phi) is 7.83.